The van der Waals surface area contributed by atoms with Gasteiger partial charge in [0.15, 0.2) is 0 Å². The van der Waals surface area contributed by atoms with Gasteiger partial charge >= 0.3 is 0 Å². The van der Waals surface area contributed by atoms with Crippen molar-refractivity contribution in [3.63, 3.8) is 0 Å². The average molecular weight is 351 g/mol. The summed E-state index contributed by atoms with van der Waals surface area (Å²) in [7, 11) is 1.92. The SMILES string of the molecule is Cn1cc(C(=O)NNC(=O)C23CC4CC(CC(C4)C2)C3)c2ccccc21. The Bertz CT molecular complexity index is 863. The summed E-state index contributed by atoms with van der Waals surface area (Å²) in [5, 5.41) is 0.900. The van der Waals surface area contributed by atoms with Gasteiger partial charge in [0.05, 0.1) is 11.0 Å². The van der Waals surface area contributed by atoms with Crippen LogP contribution < -0.4 is 10.9 Å². The van der Waals surface area contributed by atoms with E-state index in [9.17, 15) is 9.59 Å². The maximum atomic E-state index is 13.0. The Balaban J connectivity index is 1.31. The maximum Gasteiger partial charge on any atom is 0.271 e. The molecule has 4 aliphatic carbocycles. The molecule has 1 heterocycles. The molecule has 0 saturated heterocycles. The summed E-state index contributed by atoms with van der Waals surface area (Å²) >= 11 is 0. The lowest BCUT2D eigenvalue weighted by molar-refractivity contribution is -0.147. The third kappa shape index (κ3) is 2.37. The van der Waals surface area contributed by atoms with Gasteiger partial charge in [-0.3, -0.25) is 20.4 Å². The molecule has 26 heavy (non-hydrogen) atoms. The van der Waals surface area contributed by atoms with Crippen LogP contribution >= 0.6 is 0 Å². The minimum Gasteiger partial charge on any atom is -0.350 e. The lowest BCUT2D eigenvalue weighted by Crippen LogP contribution is -2.56. The van der Waals surface area contributed by atoms with Crippen LogP contribution in [0.15, 0.2) is 30.5 Å². The molecular weight excluding hydrogens is 326 g/mol. The van der Waals surface area contributed by atoms with Gasteiger partial charge in [0.1, 0.15) is 0 Å². The van der Waals surface area contributed by atoms with Crippen LogP contribution in [0, 0.1) is 23.2 Å². The number of hydrogen-bond acceptors (Lipinski definition) is 2. The first-order chi connectivity index (χ1) is 12.5. The molecule has 4 fully saturated rings. The Labute approximate surface area is 153 Å². The van der Waals surface area contributed by atoms with E-state index in [-0.39, 0.29) is 17.2 Å². The van der Waals surface area contributed by atoms with Gasteiger partial charge in [-0.05, 0) is 62.3 Å². The van der Waals surface area contributed by atoms with Gasteiger partial charge in [-0.2, -0.15) is 0 Å². The zero-order valence-corrected chi connectivity index (χ0v) is 15.1. The van der Waals surface area contributed by atoms with Crippen LogP contribution in [0.3, 0.4) is 0 Å². The number of nitrogens with one attached hydrogen (secondary N) is 2. The van der Waals surface area contributed by atoms with Gasteiger partial charge in [0, 0.05) is 24.1 Å². The summed E-state index contributed by atoms with van der Waals surface area (Å²) in [6, 6.07) is 7.80. The van der Waals surface area contributed by atoms with Crippen molar-refractivity contribution in [2.24, 2.45) is 30.2 Å². The van der Waals surface area contributed by atoms with Gasteiger partial charge in [-0.15, -0.1) is 0 Å². The summed E-state index contributed by atoms with van der Waals surface area (Å²) in [6.45, 7) is 0. The number of aromatic nitrogens is 1. The fraction of sp³-hybridized carbons (Fsp3) is 0.524. The molecule has 2 amide bonds. The molecule has 5 heteroatoms. The van der Waals surface area contributed by atoms with Crippen LogP contribution in [-0.4, -0.2) is 16.4 Å². The number of hydrogen-bond donors (Lipinski definition) is 2. The van der Waals surface area contributed by atoms with Crippen molar-refractivity contribution >= 4 is 22.7 Å². The van der Waals surface area contributed by atoms with Crippen molar-refractivity contribution in [3.05, 3.63) is 36.0 Å². The zero-order valence-electron chi connectivity index (χ0n) is 15.1. The number of fused-ring (bicyclic) bond motifs is 1. The lowest BCUT2D eigenvalue weighted by Gasteiger charge is -2.55. The zero-order chi connectivity index (χ0) is 17.9. The van der Waals surface area contributed by atoms with Gasteiger partial charge in [-0.1, -0.05) is 18.2 Å². The van der Waals surface area contributed by atoms with E-state index in [0.717, 1.165) is 30.2 Å². The first-order valence-corrected chi connectivity index (χ1v) is 9.69. The molecule has 5 nitrogen and oxygen atoms in total. The summed E-state index contributed by atoms with van der Waals surface area (Å²) in [4.78, 5) is 25.6. The van der Waals surface area contributed by atoms with Gasteiger partial charge in [0.25, 0.3) is 5.91 Å². The Morgan fingerprint density at radius 2 is 1.62 bits per heavy atom. The number of carbonyl (C=O) groups excluding carboxylic acids is 2. The van der Waals surface area contributed by atoms with E-state index < -0.39 is 0 Å². The fourth-order valence-electron chi connectivity index (χ4n) is 6.22. The molecule has 0 spiro atoms. The van der Waals surface area contributed by atoms with E-state index in [0.29, 0.717) is 23.3 Å². The van der Waals surface area contributed by atoms with Crippen LogP contribution in [0.25, 0.3) is 10.9 Å². The van der Waals surface area contributed by atoms with Crippen molar-refractivity contribution in [1.29, 1.82) is 0 Å². The summed E-state index contributed by atoms with van der Waals surface area (Å²) in [5.41, 5.74) is 6.79. The molecule has 6 rings (SSSR count). The van der Waals surface area contributed by atoms with Crippen molar-refractivity contribution in [2.75, 3.05) is 0 Å². The molecule has 2 aromatic rings. The van der Waals surface area contributed by atoms with E-state index >= 15 is 0 Å². The number of para-hydroxylation sites is 1. The van der Waals surface area contributed by atoms with Crippen molar-refractivity contribution in [1.82, 2.24) is 15.4 Å². The number of hydrazine groups is 1. The second-order valence-corrected chi connectivity index (χ2v) is 8.78. The molecule has 136 valence electrons. The quantitative estimate of drug-likeness (QED) is 0.817. The first-order valence-electron chi connectivity index (χ1n) is 9.69. The van der Waals surface area contributed by atoms with Gasteiger partial charge in [0.2, 0.25) is 5.91 Å². The summed E-state index contributed by atoms with van der Waals surface area (Å²) in [5.74, 6) is 1.90. The smallest absolute Gasteiger partial charge is 0.271 e. The van der Waals surface area contributed by atoms with Crippen LogP contribution in [0.1, 0.15) is 48.9 Å². The standard InChI is InChI=1S/C21H25N3O2/c1-24-12-17(16-4-2-3-5-18(16)24)19(25)22-23-20(26)21-9-13-6-14(10-21)8-15(7-13)11-21/h2-5,12-15H,6-11H2,1H3,(H,22,25)(H,23,26). The van der Waals surface area contributed by atoms with E-state index in [1.54, 1.807) is 0 Å². The highest BCUT2D eigenvalue weighted by atomic mass is 16.2. The topological polar surface area (TPSA) is 63.1 Å². The Kier molecular flexibility index (Phi) is 3.43. The van der Waals surface area contributed by atoms with E-state index in [2.05, 4.69) is 10.9 Å². The third-order valence-electron chi connectivity index (χ3n) is 6.95. The number of nitrogens with zero attached hydrogens (tertiary/aromatic N) is 1. The van der Waals surface area contributed by atoms with Crippen molar-refractivity contribution in [3.8, 4) is 0 Å². The third-order valence-corrected chi connectivity index (χ3v) is 6.95. The second kappa shape index (κ2) is 5.60. The molecule has 0 atom stereocenters. The van der Waals surface area contributed by atoms with Gasteiger partial charge < -0.3 is 4.57 Å². The maximum absolute atomic E-state index is 13.0. The molecule has 2 N–H and O–H groups in total. The molecule has 4 saturated carbocycles. The number of amides is 2. The molecule has 1 aromatic carbocycles. The second-order valence-electron chi connectivity index (χ2n) is 8.78. The number of benzene rings is 1. The Morgan fingerprint density at radius 3 is 2.27 bits per heavy atom. The first kappa shape index (κ1) is 15.9. The normalized spacial score (nSPS) is 32.0. The molecular formula is C21H25N3O2. The molecule has 0 radical (unpaired) electrons. The number of aryl methyl sites for hydroxylation is 1. The monoisotopic (exact) mass is 351 g/mol. The largest absolute Gasteiger partial charge is 0.350 e. The fourth-order valence-corrected chi connectivity index (χ4v) is 6.22. The Morgan fingerprint density at radius 1 is 1.00 bits per heavy atom. The minimum atomic E-state index is -0.250. The average Bonchev–Trinajstić information content (AvgIpc) is 2.95. The van der Waals surface area contributed by atoms with Crippen molar-refractivity contribution < 1.29 is 9.59 Å². The van der Waals surface area contributed by atoms with Crippen LogP contribution in [0.2, 0.25) is 0 Å². The van der Waals surface area contributed by atoms with E-state index in [4.69, 9.17) is 0 Å². The number of rotatable bonds is 2. The summed E-state index contributed by atoms with van der Waals surface area (Å²) in [6.07, 6.45) is 8.70. The molecule has 0 aliphatic heterocycles. The number of carbonyl (C=O) groups is 2. The minimum absolute atomic E-state index is 0.0187. The van der Waals surface area contributed by atoms with Gasteiger partial charge in [-0.25, -0.2) is 0 Å². The molecule has 1 aromatic heterocycles. The molecule has 0 unspecified atom stereocenters. The lowest BCUT2D eigenvalue weighted by atomic mass is 9.49. The highest BCUT2D eigenvalue weighted by molar-refractivity contribution is 6.07. The van der Waals surface area contributed by atoms with E-state index in [1.807, 2.05) is 42.1 Å². The van der Waals surface area contributed by atoms with Crippen LogP contribution in [0.4, 0.5) is 0 Å². The van der Waals surface area contributed by atoms with E-state index in [1.165, 1.54) is 19.3 Å². The van der Waals surface area contributed by atoms with Crippen LogP contribution in [-0.2, 0) is 11.8 Å². The molecule has 4 aliphatic rings. The van der Waals surface area contributed by atoms with Crippen molar-refractivity contribution in [2.45, 2.75) is 38.5 Å². The Hall–Kier alpha value is -2.30. The highest BCUT2D eigenvalue weighted by Gasteiger charge is 2.54. The molecule has 4 bridgehead atoms. The highest BCUT2D eigenvalue weighted by Crippen LogP contribution is 2.60. The van der Waals surface area contributed by atoms with Crippen LogP contribution in [0.5, 0.6) is 0 Å². The predicted octanol–water partition coefficient (Wildman–Crippen LogP) is 3.16. The summed E-state index contributed by atoms with van der Waals surface area (Å²) < 4.78 is 1.94. The predicted molar refractivity (Wildman–Crippen MR) is 99.1 cm³/mol.